The number of pyridine rings is 1. The lowest BCUT2D eigenvalue weighted by Crippen LogP contribution is -2.04. The summed E-state index contributed by atoms with van der Waals surface area (Å²) in [6.45, 7) is 6.58. The maximum atomic E-state index is 5.21. The van der Waals surface area contributed by atoms with E-state index in [0.29, 0.717) is 17.5 Å². The minimum absolute atomic E-state index is 0.603. The van der Waals surface area contributed by atoms with E-state index in [0.717, 1.165) is 44.5 Å². The van der Waals surface area contributed by atoms with Gasteiger partial charge in [-0.25, -0.2) is 15.0 Å². The highest BCUT2D eigenvalue weighted by atomic mass is 15.1. The Bertz CT molecular complexity index is 2670. The first kappa shape index (κ1) is 31.3. The van der Waals surface area contributed by atoms with E-state index < -0.39 is 0 Å². The van der Waals surface area contributed by atoms with Crippen molar-refractivity contribution in [2.45, 2.75) is 20.8 Å². The number of aryl methyl sites for hydroxylation is 3. The van der Waals surface area contributed by atoms with Gasteiger partial charge < -0.3 is 4.57 Å². The number of hydrogen-bond donors (Lipinski definition) is 0. The Morgan fingerprint density at radius 1 is 0.423 bits per heavy atom. The number of nitrogens with zero attached hydrogens (tertiary/aromatic N) is 5. The Hall–Kier alpha value is -6.72. The van der Waals surface area contributed by atoms with Crippen LogP contribution in [0.2, 0.25) is 0 Å². The standard InChI is InChI=1S/C47H35N5/c1-30-26-31(2)44(32(3)27-30)37-18-20-39-38-16-10-11-17-41(38)52(43(39)29-37)42-21-19-36(33-22-24-48-25-23-33)28-40(42)47-50-45(34-12-6-4-7-13-34)49-46(51-47)35-14-8-5-9-15-35/h4-29H,1-3H3. The van der Waals surface area contributed by atoms with Crippen LogP contribution in [0.4, 0.5) is 0 Å². The summed E-state index contributed by atoms with van der Waals surface area (Å²) >= 11 is 0. The van der Waals surface area contributed by atoms with Gasteiger partial charge in [-0.15, -0.1) is 0 Å². The average Bonchev–Trinajstić information content (AvgIpc) is 3.51. The third-order valence-corrected chi connectivity index (χ3v) is 9.83. The second-order valence-electron chi connectivity index (χ2n) is 13.4. The van der Waals surface area contributed by atoms with Gasteiger partial charge in [0.1, 0.15) is 0 Å². The van der Waals surface area contributed by atoms with Gasteiger partial charge in [-0.2, -0.15) is 0 Å². The van der Waals surface area contributed by atoms with Gasteiger partial charge in [0.2, 0.25) is 0 Å². The van der Waals surface area contributed by atoms with Crippen molar-refractivity contribution in [2.24, 2.45) is 0 Å². The van der Waals surface area contributed by atoms with E-state index in [1.54, 1.807) is 0 Å². The highest BCUT2D eigenvalue weighted by Gasteiger charge is 2.21. The summed E-state index contributed by atoms with van der Waals surface area (Å²) in [5, 5.41) is 2.38. The summed E-state index contributed by atoms with van der Waals surface area (Å²) in [5.41, 5.74) is 14.4. The number of hydrogen-bond acceptors (Lipinski definition) is 4. The smallest absolute Gasteiger partial charge is 0.166 e. The summed E-state index contributed by atoms with van der Waals surface area (Å²) in [6.07, 6.45) is 3.66. The fourth-order valence-corrected chi connectivity index (χ4v) is 7.58. The molecule has 3 aromatic heterocycles. The predicted molar refractivity (Wildman–Crippen MR) is 213 cm³/mol. The minimum atomic E-state index is 0.603. The van der Waals surface area contributed by atoms with E-state index in [-0.39, 0.29) is 0 Å². The van der Waals surface area contributed by atoms with Crippen molar-refractivity contribution >= 4 is 21.8 Å². The zero-order valence-electron chi connectivity index (χ0n) is 29.2. The molecule has 0 atom stereocenters. The Labute approximate surface area is 303 Å². The van der Waals surface area contributed by atoms with Gasteiger partial charge in [-0.05, 0) is 90.6 Å². The van der Waals surface area contributed by atoms with Crippen molar-refractivity contribution in [1.82, 2.24) is 24.5 Å². The molecule has 248 valence electrons. The molecule has 5 nitrogen and oxygen atoms in total. The van der Waals surface area contributed by atoms with Gasteiger partial charge in [0.25, 0.3) is 0 Å². The third kappa shape index (κ3) is 5.53. The van der Waals surface area contributed by atoms with Crippen LogP contribution in [-0.2, 0) is 0 Å². The number of para-hydroxylation sites is 1. The van der Waals surface area contributed by atoms with Crippen LogP contribution in [0.5, 0.6) is 0 Å². The molecule has 0 aliphatic carbocycles. The van der Waals surface area contributed by atoms with E-state index in [2.05, 4.69) is 103 Å². The van der Waals surface area contributed by atoms with E-state index in [1.807, 2.05) is 85.2 Å². The molecule has 0 radical (unpaired) electrons. The lowest BCUT2D eigenvalue weighted by Gasteiger charge is -2.17. The number of aromatic nitrogens is 5. The maximum Gasteiger partial charge on any atom is 0.166 e. The molecule has 0 N–H and O–H groups in total. The van der Waals surface area contributed by atoms with Gasteiger partial charge in [0.15, 0.2) is 17.5 Å². The van der Waals surface area contributed by atoms with Gasteiger partial charge >= 0.3 is 0 Å². The minimum Gasteiger partial charge on any atom is -0.308 e. The molecule has 6 aromatic carbocycles. The largest absolute Gasteiger partial charge is 0.308 e. The van der Waals surface area contributed by atoms with Crippen molar-refractivity contribution in [2.75, 3.05) is 0 Å². The monoisotopic (exact) mass is 669 g/mol. The van der Waals surface area contributed by atoms with Crippen molar-refractivity contribution in [3.8, 4) is 62.1 Å². The zero-order valence-corrected chi connectivity index (χ0v) is 29.2. The van der Waals surface area contributed by atoms with Gasteiger partial charge in [-0.3, -0.25) is 4.98 Å². The molecule has 5 heteroatoms. The first-order valence-electron chi connectivity index (χ1n) is 17.6. The fourth-order valence-electron chi connectivity index (χ4n) is 7.58. The fraction of sp³-hybridized carbons (Fsp3) is 0.0638. The van der Waals surface area contributed by atoms with Crippen molar-refractivity contribution in [3.63, 3.8) is 0 Å². The zero-order chi connectivity index (χ0) is 35.2. The Balaban J connectivity index is 1.36. The molecule has 0 saturated heterocycles. The molecule has 3 heterocycles. The molecule has 0 aliphatic heterocycles. The molecule has 0 spiro atoms. The van der Waals surface area contributed by atoms with Crippen LogP contribution >= 0.6 is 0 Å². The quantitative estimate of drug-likeness (QED) is 0.177. The van der Waals surface area contributed by atoms with Gasteiger partial charge in [0.05, 0.1) is 16.7 Å². The first-order valence-corrected chi connectivity index (χ1v) is 17.6. The summed E-state index contributed by atoms with van der Waals surface area (Å²) in [7, 11) is 0. The molecule has 0 fully saturated rings. The SMILES string of the molecule is Cc1cc(C)c(-c2ccc3c4ccccc4n(-c4ccc(-c5ccncc5)cc4-c4nc(-c5ccccc5)nc(-c5ccccc5)n4)c3c2)c(C)c1. The molecule has 9 rings (SSSR count). The first-order chi connectivity index (χ1) is 25.5. The highest BCUT2D eigenvalue weighted by Crippen LogP contribution is 2.40. The molecule has 0 aliphatic rings. The normalized spacial score (nSPS) is 11.4. The Morgan fingerprint density at radius 3 is 1.67 bits per heavy atom. The Morgan fingerprint density at radius 2 is 1.00 bits per heavy atom. The van der Waals surface area contributed by atoms with Crippen LogP contribution < -0.4 is 0 Å². The molecular formula is C47H35N5. The summed E-state index contributed by atoms with van der Waals surface area (Å²) < 4.78 is 2.38. The van der Waals surface area contributed by atoms with E-state index in [1.165, 1.54) is 38.6 Å². The van der Waals surface area contributed by atoms with Crippen LogP contribution in [0.25, 0.3) is 83.9 Å². The second kappa shape index (κ2) is 12.9. The summed E-state index contributed by atoms with van der Waals surface area (Å²) in [6, 6.07) is 51.0. The third-order valence-electron chi connectivity index (χ3n) is 9.83. The van der Waals surface area contributed by atoms with Crippen molar-refractivity contribution < 1.29 is 0 Å². The highest BCUT2D eigenvalue weighted by molar-refractivity contribution is 6.11. The molecule has 0 bridgehead atoms. The summed E-state index contributed by atoms with van der Waals surface area (Å²) in [4.78, 5) is 19.7. The van der Waals surface area contributed by atoms with E-state index >= 15 is 0 Å². The van der Waals surface area contributed by atoms with Crippen LogP contribution in [0.3, 0.4) is 0 Å². The van der Waals surface area contributed by atoms with Crippen molar-refractivity contribution in [1.29, 1.82) is 0 Å². The van der Waals surface area contributed by atoms with Crippen LogP contribution in [-0.4, -0.2) is 24.5 Å². The van der Waals surface area contributed by atoms with Gasteiger partial charge in [0, 0.05) is 39.9 Å². The summed E-state index contributed by atoms with van der Waals surface area (Å²) in [5.74, 6) is 1.85. The maximum absolute atomic E-state index is 5.21. The predicted octanol–water partition coefficient (Wildman–Crippen LogP) is 11.6. The number of benzene rings is 6. The van der Waals surface area contributed by atoms with Gasteiger partial charge in [-0.1, -0.05) is 115 Å². The van der Waals surface area contributed by atoms with Crippen LogP contribution in [0.1, 0.15) is 16.7 Å². The average molecular weight is 670 g/mol. The molecule has 0 saturated carbocycles. The lowest BCUT2D eigenvalue weighted by molar-refractivity contribution is 1.06. The number of rotatable bonds is 6. The molecule has 52 heavy (non-hydrogen) atoms. The molecule has 0 amide bonds. The molecule has 0 unspecified atom stereocenters. The lowest BCUT2D eigenvalue weighted by atomic mass is 9.93. The van der Waals surface area contributed by atoms with Crippen molar-refractivity contribution in [3.05, 3.63) is 175 Å². The van der Waals surface area contributed by atoms with Crippen LogP contribution in [0, 0.1) is 20.8 Å². The number of fused-ring (bicyclic) bond motifs is 3. The Kier molecular flexibility index (Phi) is 7.74. The molecule has 9 aromatic rings. The topological polar surface area (TPSA) is 56.5 Å². The molecular weight excluding hydrogens is 635 g/mol. The van der Waals surface area contributed by atoms with Crippen LogP contribution in [0.15, 0.2) is 158 Å². The van der Waals surface area contributed by atoms with E-state index in [9.17, 15) is 0 Å². The van der Waals surface area contributed by atoms with E-state index in [4.69, 9.17) is 15.0 Å². The second-order valence-corrected chi connectivity index (χ2v) is 13.4.